The van der Waals surface area contributed by atoms with E-state index in [1.165, 1.54) is 0 Å². The lowest BCUT2D eigenvalue weighted by Crippen LogP contribution is -2.32. The zero-order chi connectivity index (χ0) is 22.9. The van der Waals surface area contributed by atoms with Gasteiger partial charge >= 0.3 is 6.18 Å². The number of hydrogen-bond donors (Lipinski definition) is 4. The van der Waals surface area contributed by atoms with Gasteiger partial charge in [0.05, 0.1) is 5.69 Å². The fraction of sp³-hybridized carbons (Fsp3) is 0.176. The van der Waals surface area contributed by atoms with E-state index in [-0.39, 0.29) is 40.0 Å². The molecule has 2 heterocycles. The highest BCUT2D eigenvalue weighted by molar-refractivity contribution is 5.98. The third kappa shape index (κ3) is 4.18. The number of rotatable bonds is 3. The van der Waals surface area contributed by atoms with Crippen molar-refractivity contribution in [3.05, 3.63) is 40.5 Å². The molecule has 0 spiro atoms. The van der Waals surface area contributed by atoms with Gasteiger partial charge in [-0.3, -0.25) is 5.32 Å². The average Bonchev–Trinajstić information content (AvgIpc) is 2.66. The number of alkyl halides is 3. The van der Waals surface area contributed by atoms with Gasteiger partial charge in [-0.2, -0.15) is 23.7 Å². The number of aliphatic imine (C=N–C) groups is 1. The van der Waals surface area contributed by atoms with E-state index < -0.39 is 36.2 Å². The van der Waals surface area contributed by atoms with Crippen LogP contribution in [0.15, 0.2) is 17.1 Å². The molecule has 0 bridgehead atoms. The molecule has 0 saturated carbocycles. The number of nitrogens with two attached hydrogens (primary N) is 2. The Morgan fingerprint density at radius 1 is 1.19 bits per heavy atom. The third-order valence-corrected chi connectivity index (χ3v) is 4.07. The molecule has 0 saturated heterocycles. The van der Waals surface area contributed by atoms with Gasteiger partial charge in [0.25, 0.3) is 0 Å². The molecule has 0 amide bonds. The van der Waals surface area contributed by atoms with Gasteiger partial charge in [0.1, 0.15) is 29.3 Å². The van der Waals surface area contributed by atoms with Crippen molar-refractivity contribution in [1.29, 1.82) is 10.5 Å². The summed E-state index contributed by atoms with van der Waals surface area (Å²) in [5, 5.41) is 22.9. The molecule has 1 aliphatic heterocycles. The van der Waals surface area contributed by atoms with Crippen LogP contribution < -0.4 is 26.8 Å². The lowest BCUT2D eigenvalue weighted by molar-refractivity contribution is -0.154. The number of benzene rings is 1. The Labute approximate surface area is 170 Å². The molecule has 0 aliphatic carbocycles. The lowest BCUT2D eigenvalue weighted by atomic mass is 9.95. The largest absolute Gasteiger partial charge is 0.478 e. The van der Waals surface area contributed by atoms with Gasteiger partial charge < -0.3 is 21.5 Å². The maximum Gasteiger partial charge on any atom is 0.422 e. The van der Waals surface area contributed by atoms with Crippen LogP contribution in [0.4, 0.5) is 39.3 Å². The molecule has 1 atom stereocenters. The zero-order valence-corrected chi connectivity index (χ0v) is 15.2. The molecule has 1 unspecified atom stereocenters. The van der Waals surface area contributed by atoms with Gasteiger partial charge in [0, 0.05) is 5.56 Å². The van der Waals surface area contributed by atoms with Crippen molar-refractivity contribution in [3.63, 3.8) is 0 Å². The standard InChI is InChI=1S/C17H11F5N8O/c18-8-1-6(2-9(19)13(8)31-4-17(20,21)22)12-10-11(25)7(3-23)14(26)29-15(10)30-16(28-12)27-5-24/h1-2,12H,4H2,(H6,25,26,27,28,29,30). The maximum absolute atomic E-state index is 14.4. The van der Waals surface area contributed by atoms with Crippen LogP contribution in [0.2, 0.25) is 0 Å². The first-order valence-corrected chi connectivity index (χ1v) is 8.23. The molecule has 9 nitrogen and oxygen atoms in total. The Bertz CT molecular complexity index is 1140. The molecular formula is C17H11F5N8O. The number of halogens is 5. The number of hydrogen-bond acceptors (Lipinski definition) is 9. The minimum atomic E-state index is -4.80. The minimum absolute atomic E-state index is 0.0250. The number of nitrogen functional groups attached to an aromatic ring is 2. The highest BCUT2D eigenvalue weighted by atomic mass is 19.4. The smallest absolute Gasteiger partial charge is 0.422 e. The van der Waals surface area contributed by atoms with Crippen LogP contribution in [0.1, 0.15) is 22.7 Å². The Morgan fingerprint density at radius 3 is 2.39 bits per heavy atom. The van der Waals surface area contributed by atoms with E-state index >= 15 is 0 Å². The zero-order valence-electron chi connectivity index (χ0n) is 15.2. The number of anilines is 3. The Hall–Kier alpha value is -4.33. The van der Waals surface area contributed by atoms with Gasteiger partial charge in [0.15, 0.2) is 30.2 Å². The van der Waals surface area contributed by atoms with E-state index in [2.05, 4.69) is 25.3 Å². The predicted molar refractivity (Wildman–Crippen MR) is 97.3 cm³/mol. The van der Waals surface area contributed by atoms with E-state index in [1.807, 2.05) is 0 Å². The summed E-state index contributed by atoms with van der Waals surface area (Å²) in [5.41, 5.74) is 11.1. The fourth-order valence-corrected chi connectivity index (χ4v) is 2.85. The lowest BCUT2D eigenvalue weighted by Gasteiger charge is -2.26. The number of fused-ring (bicyclic) bond motifs is 1. The van der Waals surface area contributed by atoms with Crippen molar-refractivity contribution in [2.45, 2.75) is 12.2 Å². The van der Waals surface area contributed by atoms with Crippen LogP contribution in [0.5, 0.6) is 5.75 Å². The van der Waals surface area contributed by atoms with E-state index in [1.54, 1.807) is 12.3 Å². The van der Waals surface area contributed by atoms with Gasteiger partial charge in [-0.15, -0.1) is 0 Å². The van der Waals surface area contributed by atoms with Crippen LogP contribution in [0.3, 0.4) is 0 Å². The molecular weight excluding hydrogens is 427 g/mol. The summed E-state index contributed by atoms with van der Waals surface area (Å²) in [4.78, 5) is 8.06. The number of ether oxygens (including phenoxy) is 1. The normalized spacial score (nSPS) is 15.1. The van der Waals surface area contributed by atoms with Crippen molar-refractivity contribution in [2.75, 3.05) is 23.4 Å². The SMILES string of the molecule is N#CNC1=NC(c2cc(F)c(OCC(F)(F)F)c(F)c2)c2c(nc(N)c(C#N)c2N)N1. The number of pyridine rings is 1. The Balaban J connectivity index is 2.14. The highest BCUT2D eigenvalue weighted by Gasteiger charge is 2.33. The fourth-order valence-electron chi connectivity index (χ4n) is 2.85. The Morgan fingerprint density at radius 2 is 1.84 bits per heavy atom. The van der Waals surface area contributed by atoms with Crippen LogP contribution in [0.25, 0.3) is 0 Å². The first-order valence-electron chi connectivity index (χ1n) is 8.23. The second-order valence-corrected chi connectivity index (χ2v) is 6.12. The van der Waals surface area contributed by atoms with E-state index in [0.29, 0.717) is 12.1 Å². The van der Waals surface area contributed by atoms with Crippen LogP contribution in [-0.2, 0) is 0 Å². The Kier molecular flexibility index (Phi) is 5.40. The molecule has 1 aliphatic rings. The summed E-state index contributed by atoms with van der Waals surface area (Å²) in [5.74, 6) is -4.52. The molecule has 14 heteroatoms. The van der Waals surface area contributed by atoms with Crippen LogP contribution in [0, 0.1) is 34.4 Å². The van der Waals surface area contributed by atoms with Gasteiger partial charge in [-0.1, -0.05) is 0 Å². The molecule has 0 fully saturated rings. The average molecular weight is 438 g/mol. The molecule has 160 valence electrons. The minimum Gasteiger partial charge on any atom is -0.478 e. The molecule has 2 aromatic rings. The van der Waals surface area contributed by atoms with Gasteiger partial charge in [-0.25, -0.2) is 18.8 Å². The molecule has 0 radical (unpaired) electrons. The highest BCUT2D eigenvalue weighted by Crippen LogP contribution is 2.41. The summed E-state index contributed by atoms with van der Waals surface area (Å²) in [6, 6.07) is 1.87. The van der Waals surface area contributed by atoms with Crippen molar-refractivity contribution in [1.82, 2.24) is 10.3 Å². The second kappa shape index (κ2) is 7.83. The van der Waals surface area contributed by atoms with Crippen molar-refractivity contribution in [2.24, 2.45) is 4.99 Å². The molecule has 1 aromatic carbocycles. The number of guanidine groups is 1. The number of nitrogens with one attached hydrogen (secondary N) is 2. The number of nitriles is 2. The monoisotopic (exact) mass is 438 g/mol. The first kappa shape index (κ1) is 21.4. The number of nitrogens with zero attached hydrogens (tertiary/aromatic N) is 4. The van der Waals surface area contributed by atoms with Crippen molar-refractivity contribution >= 4 is 23.3 Å². The summed E-state index contributed by atoms with van der Waals surface area (Å²) < 4.78 is 69.9. The third-order valence-electron chi connectivity index (χ3n) is 4.07. The van der Waals surface area contributed by atoms with Gasteiger partial charge in [0.2, 0.25) is 5.96 Å². The summed E-state index contributed by atoms with van der Waals surface area (Å²) >= 11 is 0. The summed E-state index contributed by atoms with van der Waals surface area (Å²) in [6.07, 6.45) is -3.21. The molecule has 3 rings (SSSR count). The second-order valence-electron chi connectivity index (χ2n) is 6.12. The van der Waals surface area contributed by atoms with Crippen LogP contribution >= 0.6 is 0 Å². The molecule has 6 N–H and O–H groups in total. The first-order chi connectivity index (χ1) is 14.6. The van der Waals surface area contributed by atoms with Crippen LogP contribution in [-0.4, -0.2) is 23.7 Å². The van der Waals surface area contributed by atoms with Crippen molar-refractivity contribution < 1.29 is 26.7 Å². The predicted octanol–water partition coefficient (Wildman–Crippen LogP) is 2.28. The van der Waals surface area contributed by atoms with E-state index in [0.717, 1.165) is 0 Å². The summed E-state index contributed by atoms with van der Waals surface area (Å²) in [6.45, 7) is -1.90. The quantitative estimate of drug-likeness (QED) is 0.323. The number of aromatic nitrogens is 1. The van der Waals surface area contributed by atoms with Crippen molar-refractivity contribution in [3.8, 4) is 18.0 Å². The maximum atomic E-state index is 14.4. The molecule has 31 heavy (non-hydrogen) atoms. The van der Waals surface area contributed by atoms with E-state index in [9.17, 15) is 27.2 Å². The van der Waals surface area contributed by atoms with Gasteiger partial charge in [-0.05, 0) is 17.7 Å². The topological polar surface area (TPSA) is 158 Å². The summed E-state index contributed by atoms with van der Waals surface area (Å²) in [7, 11) is 0. The van der Waals surface area contributed by atoms with E-state index in [4.69, 9.17) is 16.7 Å². The molecule has 1 aromatic heterocycles.